The Bertz CT molecular complexity index is 99.7. The van der Waals surface area contributed by atoms with Gasteiger partial charge in [0.25, 0.3) is 0 Å². The van der Waals surface area contributed by atoms with Crippen LogP contribution in [0, 0.1) is 0 Å². The van der Waals surface area contributed by atoms with Crippen LogP contribution in [-0.2, 0) is 0 Å². The molecule has 4 heteroatoms. The maximum absolute atomic E-state index is 9.15. The summed E-state index contributed by atoms with van der Waals surface area (Å²) in [5.41, 5.74) is 0. The molecule has 1 unspecified atom stereocenters. The summed E-state index contributed by atoms with van der Waals surface area (Å²) < 4.78 is 1.14. The van der Waals surface area contributed by atoms with E-state index >= 15 is 0 Å². The second-order valence-electron chi connectivity index (χ2n) is 2.46. The van der Waals surface area contributed by atoms with Gasteiger partial charge in [0.2, 0.25) is 0 Å². The van der Waals surface area contributed by atoms with Gasteiger partial charge in [-0.3, -0.25) is 10.2 Å². The average molecular weight is 256 g/mol. The predicted octanol–water partition coefficient (Wildman–Crippen LogP) is -0.355. The number of halogens is 1. The zero-order valence-corrected chi connectivity index (χ0v) is 8.04. The Labute approximate surface area is 74.9 Å². The summed E-state index contributed by atoms with van der Waals surface area (Å²) in [6, 6.07) is 0. The van der Waals surface area contributed by atoms with Crippen molar-refractivity contribution in [3.05, 3.63) is 0 Å². The lowest BCUT2D eigenvalue weighted by atomic mass is 10.3. The minimum Gasteiger partial charge on any atom is -0.377 e. The normalized spacial score (nSPS) is 28.8. The van der Waals surface area contributed by atoms with Crippen LogP contribution in [0.5, 0.6) is 0 Å². The average Bonchev–Trinajstić information content (AvgIpc) is 1.88. The van der Waals surface area contributed by atoms with Gasteiger partial charge in [0.15, 0.2) is 0 Å². The maximum Gasteiger partial charge on any atom is 0.117 e. The SMILES string of the molecule is OC1CN(CCI)CCN1. The minimum absolute atomic E-state index is 0.309. The van der Waals surface area contributed by atoms with Gasteiger partial charge in [-0.05, 0) is 0 Å². The Morgan fingerprint density at radius 2 is 2.50 bits per heavy atom. The van der Waals surface area contributed by atoms with E-state index in [1.807, 2.05) is 0 Å². The van der Waals surface area contributed by atoms with E-state index in [4.69, 9.17) is 5.11 Å². The van der Waals surface area contributed by atoms with Gasteiger partial charge < -0.3 is 5.11 Å². The van der Waals surface area contributed by atoms with E-state index in [0.29, 0.717) is 0 Å². The van der Waals surface area contributed by atoms with Crippen LogP contribution in [-0.4, -0.2) is 46.8 Å². The Hall–Kier alpha value is 0.610. The van der Waals surface area contributed by atoms with Crippen LogP contribution in [0.2, 0.25) is 0 Å². The molecule has 1 rings (SSSR count). The van der Waals surface area contributed by atoms with E-state index < -0.39 is 0 Å². The highest BCUT2D eigenvalue weighted by molar-refractivity contribution is 14.1. The van der Waals surface area contributed by atoms with Crippen LogP contribution in [0.3, 0.4) is 0 Å². The lowest BCUT2D eigenvalue weighted by molar-refractivity contribution is 0.0581. The van der Waals surface area contributed by atoms with Crippen LogP contribution in [0.1, 0.15) is 0 Å². The fraction of sp³-hybridized carbons (Fsp3) is 1.00. The zero-order valence-electron chi connectivity index (χ0n) is 5.89. The van der Waals surface area contributed by atoms with E-state index in [9.17, 15) is 0 Å². The smallest absolute Gasteiger partial charge is 0.117 e. The van der Waals surface area contributed by atoms with E-state index in [0.717, 1.165) is 30.6 Å². The lowest BCUT2D eigenvalue weighted by Crippen LogP contribution is -2.50. The van der Waals surface area contributed by atoms with Gasteiger partial charge in [-0.1, -0.05) is 22.6 Å². The molecule has 10 heavy (non-hydrogen) atoms. The largest absolute Gasteiger partial charge is 0.377 e. The molecular formula is C6H13IN2O. The molecule has 0 bridgehead atoms. The molecule has 1 atom stereocenters. The van der Waals surface area contributed by atoms with Gasteiger partial charge >= 0.3 is 0 Å². The molecule has 0 amide bonds. The van der Waals surface area contributed by atoms with E-state index in [-0.39, 0.29) is 6.23 Å². The number of rotatable bonds is 2. The lowest BCUT2D eigenvalue weighted by Gasteiger charge is -2.30. The van der Waals surface area contributed by atoms with Crippen LogP contribution < -0.4 is 5.32 Å². The molecule has 60 valence electrons. The van der Waals surface area contributed by atoms with Gasteiger partial charge in [0.05, 0.1) is 0 Å². The molecule has 0 aromatic heterocycles. The summed E-state index contributed by atoms with van der Waals surface area (Å²) in [5, 5.41) is 12.1. The number of hydrogen-bond donors (Lipinski definition) is 2. The first-order valence-electron chi connectivity index (χ1n) is 3.52. The van der Waals surface area contributed by atoms with Crippen molar-refractivity contribution in [2.75, 3.05) is 30.6 Å². The molecule has 1 aliphatic heterocycles. The molecule has 1 saturated heterocycles. The highest BCUT2D eigenvalue weighted by atomic mass is 127. The van der Waals surface area contributed by atoms with Crippen LogP contribution in [0.25, 0.3) is 0 Å². The van der Waals surface area contributed by atoms with Gasteiger partial charge in [-0.15, -0.1) is 0 Å². The van der Waals surface area contributed by atoms with E-state index in [1.165, 1.54) is 0 Å². The summed E-state index contributed by atoms with van der Waals surface area (Å²) in [7, 11) is 0. The summed E-state index contributed by atoms with van der Waals surface area (Å²) in [6.07, 6.45) is -0.309. The summed E-state index contributed by atoms with van der Waals surface area (Å²) in [4.78, 5) is 2.27. The second kappa shape index (κ2) is 4.48. The topological polar surface area (TPSA) is 35.5 Å². The number of aliphatic hydroxyl groups excluding tert-OH is 1. The van der Waals surface area contributed by atoms with E-state index in [1.54, 1.807) is 0 Å². The fourth-order valence-electron chi connectivity index (χ4n) is 1.11. The van der Waals surface area contributed by atoms with Crippen LogP contribution >= 0.6 is 22.6 Å². The number of piperazine rings is 1. The number of hydrogen-bond acceptors (Lipinski definition) is 3. The highest BCUT2D eigenvalue weighted by Crippen LogP contribution is 1.97. The monoisotopic (exact) mass is 256 g/mol. The first-order chi connectivity index (χ1) is 4.83. The van der Waals surface area contributed by atoms with Crippen molar-refractivity contribution >= 4 is 22.6 Å². The number of alkyl halides is 1. The quantitative estimate of drug-likeness (QED) is 0.523. The molecule has 0 saturated carbocycles. The maximum atomic E-state index is 9.15. The Morgan fingerprint density at radius 1 is 1.70 bits per heavy atom. The number of aliphatic hydroxyl groups is 1. The molecule has 1 heterocycles. The van der Waals surface area contributed by atoms with E-state index in [2.05, 4.69) is 32.8 Å². The predicted molar refractivity (Wildman–Crippen MR) is 49.3 cm³/mol. The molecule has 1 fully saturated rings. The zero-order chi connectivity index (χ0) is 7.40. The van der Waals surface area contributed by atoms with Gasteiger partial charge in [-0.25, -0.2) is 0 Å². The van der Waals surface area contributed by atoms with Crippen molar-refractivity contribution in [3.63, 3.8) is 0 Å². The molecule has 0 aromatic rings. The Morgan fingerprint density at radius 3 is 3.10 bits per heavy atom. The van der Waals surface area contributed by atoms with Gasteiger partial charge in [0, 0.05) is 30.6 Å². The third kappa shape index (κ3) is 2.69. The minimum atomic E-state index is -0.309. The summed E-state index contributed by atoms with van der Waals surface area (Å²) in [6.45, 7) is 3.86. The van der Waals surface area contributed by atoms with Crippen LogP contribution in [0.4, 0.5) is 0 Å². The number of nitrogens with zero attached hydrogens (tertiary/aromatic N) is 1. The third-order valence-electron chi connectivity index (χ3n) is 1.64. The molecule has 0 spiro atoms. The number of nitrogens with one attached hydrogen (secondary N) is 1. The Kier molecular flexibility index (Phi) is 3.90. The molecule has 0 aliphatic carbocycles. The molecule has 0 aromatic carbocycles. The standard InChI is InChI=1S/C6H13IN2O/c7-1-3-9-4-2-8-6(10)5-9/h6,8,10H,1-5H2. The van der Waals surface area contributed by atoms with Crippen molar-refractivity contribution in [3.8, 4) is 0 Å². The molecule has 2 N–H and O–H groups in total. The van der Waals surface area contributed by atoms with Crippen molar-refractivity contribution in [2.45, 2.75) is 6.23 Å². The van der Waals surface area contributed by atoms with Crippen molar-refractivity contribution in [1.29, 1.82) is 0 Å². The van der Waals surface area contributed by atoms with Gasteiger partial charge in [-0.2, -0.15) is 0 Å². The van der Waals surface area contributed by atoms with Crippen molar-refractivity contribution < 1.29 is 5.11 Å². The Balaban J connectivity index is 2.18. The number of β-amino-alcohol motifs (C(OH)–C–C–N with tert-alkyl or cyclic N) is 1. The molecule has 3 nitrogen and oxygen atoms in total. The summed E-state index contributed by atoms with van der Waals surface area (Å²) >= 11 is 2.35. The van der Waals surface area contributed by atoms with Crippen LogP contribution in [0.15, 0.2) is 0 Å². The first-order valence-corrected chi connectivity index (χ1v) is 5.05. The molecular weight excluding hydrogens is 243 g/mol. The highest BCUT2D eigenvalue weighted by Gasteiger charge is 2.14. The summed E-state index contributed by atoms with van der Waals surface area (Å²) in [5.74, 6) is 0. The molecule has 0 radical (unpaired) electrons. The van der Waals surface area contributed by atoms with Crippen molar-refractivity contribution in [1.82, 2.24) is 10.2 Å². The third-order valence-corrected chi connectivity index (χ3v) is 2.12. The van der Waals surface area contributed by atoms with Crippen molar-refractivity contribution in [2.24, 2.45) is 0 Å². The first kappa shape index (κ1) is 8.70. The molecule has 1 aliphatic rings. The second-order valence-corrected chi connectivity index (χ2v) is 3.54. The fourth-order valence-corrected chi connectivity index (χ4v) is 1.79. The van der Waals surface area contributed by atoms with Gasteiger partial charge in [0.1, 0.15) is 6.23 Å².